The lowest BCUT2D eigenvalue weighted by molar-refractivity contribution is 0.0526. The lowest BCUT2D eigenvalue weighted by Gasteiger charge is -2.14. The molecule has 1 aliphatic rings. The van der Waals surface area contributed by atoms with E-state index in [4.69, 9.17) is 19.9 Å². The average Bonchev–Trinajstić information content (AvgIpc) is 3.31. The summed E-state index contributed by atoms with van der Waals surface area (Å²) in [6.45, 7) is 3.99. The Morgan fingerprint density at radius 2 is 2.10 bits per heavy atom. The maximum atomic E-state index is 12.9. The second kappa shape index (κ2) is 6.56. The maximum absolute atomic E-state index is 12.9. The van der Waals surface area contributed by atoms with Crippen LogP contribution in [-0.2, 0) is 4.74 Å². The number of anilines is 1. The van der Waals surface area contributed by atoms with E-state index < -0.39 is 5.97 Å². The van der Waals surface area contributed by atoms with Crippen LogP contribution in [0, 0.1) is 6.92 Å². The number of thiophene rings is 1. The second-order valence-corrected chi connectivity index (χ2v) is 7.45. The third kappa shape index (κ3) is 2.65. The summed E-state index contributed by atoms with van der Waals surface area (Å²) in [4.78, 5) is 26.8. The van der Waals surface area contributed by atoms with E-state index in [1.54, 1.807) is 13.8 Å². The monoisotopic (exact) mass is 408 g/mol. The van der Waals surface area contributed by atoms with Gasteiger partial charge in [0, 0.05) is 10.9 Å². The molecule has 146 valence electrons. The molecule has 0 aliphatic carbocycles. The molecule has 0 bridgehead atoms. The molecule has 9 heteroatoms. The molecular weight excluding hydrogens is 392 g/mol. The third-order valence-corrected chi connectivity index (χ3v) is 5.85. The van der Waals surface area contributed by atoms with Crippen LogP contribution in [-0.4, -0.2) is 34.3 Å². The molecule has 0 fully saturated rings. The number of aromatic nitrogens is 3. The van der Waals surface area contributed by atoms with Gasteiger partial charge in [0.25, 0.3) is 0 Å². The summed E-state index contributed by atoms with van der Waals surface area (Å²) in [5.41, 5.74) is 9.17. The molecule has 8 nitrogen and oxygen atoms in total. The van der Waals surface area contributed by atoms with Crippen LogP contribution in [0.15, 0.2) is 24.5 Å². The minimum atomic E-state index is -0.437. The van der Waals surface area contributed by atoms with Crippen LogP contribution in [0.25, 0.3) is 31.6 Å². The van der Waals surface area contributed by atoms with Gasteiger partial charge in [-0.25, -0.2) is 19.7 Å². The van der Waals surface area contributed by atoms with Crippen molar-refractivity contribution < 1.29 is 19.0 Å². The van der Waals surface area contributed by atoms with Gasteiger partial charge >= 0.3 is 5.97 Å². The van der Waals surface area contributed by atoms with Crippen molar-refractivity contribution in [3.05, 3.63) is 35.8 Å². The number of benzene rings is 1. The molecule has 29 heavy (non-hydrogen) atoms. The van der Waals surface area contributed by atoms with E-state index in [0.29, 0.717) is 39.7 Å². The van der Waals surface area contributed by atoms with E-state index in [-0.39, 0.29) is 13.4 Å². The Kier molecular flexibility index (Phi) is 3.99. The van der Waals surface area contributed by atoms with E-state index in [2.05, 4.69) is 15.0 Å². The van der Waals surface area contributed by atoms with E-state index in [1.807, 2.05) is 18.2 Å². The Labute approximate surface area is 169 Å². The van der Waals surface area contributed by atoms with Crippen molar-refractivity contribution in [2.24, 2.45) is 0 Å². The highest BCUT2D eigenvalue weighted by Gasteiger charge is 2.26. The number of hydrogen-bond donors (Lipinski definition) is 1. The van der Waals surface area contributed by atoms with Crippen molar-refractivity contribution in [1.82, 2.24) is 15.0 Å². The van der Waals surface area contributed by atoms with Crippen LogP contribution >= 0.6 is 11.3 Å². The fourth-order valence-electron chi connectivity index (χ4n) is 3.53. The first-order valence-corrected chi connectivity index (χ1v) is 9.80. The van der Waals surface area contributed by atoms with Gasteiger partial charge < -0.3 is 19.9 Å². The molecule has 0 saturated carbocycles. The fraction of sp³-hybridized carbons (Fsp3) is 0.200. The summed E-state index contributed by atoms with van der Waals surface area (Å²) in [7, 11) is 0. The van der Waals surface area contributed by atoms with Crippen molar-refractivity contribution in [3.63, 3.8) is 0 Å². The molecule has 5 rings (SSSR count). The van der Waals surface area contributed by atoms with Crippen LogP contribution in [0.3, 0.4) is 0 Å². The van der Waals surface area contributed by atoms with Gasteiger partial charge in [0.05, 0.1) is 28.1 Å². The molecule has 4 aromatic rings. The number of carbonyl (C=O) groups is 1. The largest absolute Gasteiger partial charge is 0.462 e. The second-order valence-electron chi connectivity index (χ2n) is 6.45. The Morgan fingerprint density at radius 3 is 2.93 bits per heavy atom. The van der Waals surface area contributed by atoms with E-state index in [1.165, 1.54) is 17.7 Å². The number of rotatable bonds is 3. The Hall–Kier alpha value is -3.46. The first-order valence-electron chi connectivity index (χ1n) is 8.99. The number of pyridine rings is 1. The van der Waals surface area contributed by atoms with Crippen LogP contribution in [0.5, 0.6) is 11.5 Å². The molecule has 0 spiro atoms. The van der Waals surface area contributed by atoms with Crippen molar-refractivity contribution in [1.29, 1.82) is 0 Å². The van der Waals surface area contributed by atoms with Crippen molar-refractivity contribution in [3.8, 4) is 22.6 Å². The highest BCUT2D eigenvalue weighted by atomic mass is 32.1. The number of fused-ring (bicyclic) bond motifs is 4. The SMILES string of the molecule is CCOC(=O)c1c(C)nc2sc3c(N)ncnc3c2c1-c1ccc2c(c1)OCO2. The molecule has 0 radical (unpaired) electrons. The summed E-state index contributed by atoms with van der Waals surface area (Å²) >= 11 is 1.40. The van der Waals surface area contributed by atoms with Gasteiger partial charge in [0.2, 0.25) is 6.79 Å². The number of esters is 1. The number of nitrogen functional groups attached to an aromatic ring is 1. The number of nitrogens with two attached hydrogens (primary N) is 1. The molecule has 3 aromatic heterocycles. The third-order valence-electron chi connectivity index (χ3n) is 4.75. The lowest BCUT2D eigenvalue weighted by Crippen LogP contribution is -2.10. The Morgan fingerprint density at radius 1 is 1.28 bits per heavy atom. The van der Waals surface area contributed by atoms with Gasteiger partial charge in [-0.3, -0.25) is 0 Å². The lowest BCUT2D eigenvalue weighted by atomic mass is 9.95. The standard InChI is InChI=1S/C20H16N4O4S/c1-3-26-20(25)13-9(2)24-19-15(16-17(29-19)18(21)23-7-22-16)14(13)10-4-5-11-12(6-10)28-8-27-11/h4-7H,3,8H2,1-2H3,(H2,21,22,23). The summed E-state index contributed by atoms with van der Waals surface area (Å²) < 4.78 is 17.0. The summed E-state index contributed by atoms with van der Waals surface area (Å²) in [6, 6.07) is 5.57. The zero-order chi connectivity index (χ0) is 20.1. The van der Waals surface area contributed by atoms with Gasteiger partial charge in [0.1, 0.15) is 17.0 Å². The topological polar surface area (TPSA) is 109 Å². The molecule has 0 unspecified atom stereocenters. The minimum Gasteiger partial charge on any atom is -0.462 e. The molecule has 0 atom stereocenters. The van der Waals surface area contributed by atoms with E-state index >= 15 is 0 Å². The molecular formula is C20H16N4O4S. The number of ether oxygens (including phenoxy) is 3. The Balaban J connectivity index is 1.92. The van der Waals surface area contributed by atoms with E-state index in [0.717, 1.165) is 20.5 Å². The normalized spacial score (nSPS) is 12.6. The van der Waals surface area contributed by atoms with Crippen molar-refractivity contribution in [2.45, 2.75) is 13.8 Å². The minimum absolute atomic E-state index is 0.166. The number of carbonyl (C=O) groups excluding carboxylic acids is 1. The molecule has 4 heterocycles. The zero-order valence-corrected chi connectivity index (χ0v) is 16.5. The summed E-state index contributed by atoms with van der Waals surface area (Å²) in [5, 5.41) is 0.742. The molecule has 0 amide bonds. The molecule has 0 saturated heterocycles. The predicted octanol–water partition coefficient (Wildman–Crippen LogP) is 3.70. The van der Waals surface area contributed by atoms with Gasteiger partial charge in [-0.1, -0.05) is 6.07 Å². The fourth-order valence-corrected chi connectivity index (χ4v) is 4.61. The van der Waals surface area contributed by atoms with Crippen LogP contribution < -0.4 is 15.2 Å². The van der Waals surface area contributed by atoms with Crippen LogP contribution in [0.2, 0.25) is 0 Å². The number of aryl methyl sites for hydroxylation is 1. The summed E-state index contributed by atoms with van der Waals surface area (Å²) in [5.74, 6) is 1.22. The highest BCUT2D eigenvalue weighted by molar-refractivity contribution is 7.26. The van der Waals surface area contributed by atoms with Crippen LogP contribution in [0.1, 0.15) is 23.0 Å². The van der Waals surface area contributed by atoms with Gasteiger partial charge in [-0.15, -0.1) is 11.3 Å². The maximum Gasteiger partial charge on any atom is 0.340 e. The number of hydrogen-bond acceptors (Lipinski definition) is 9. The predicted molar refractivity (Wildman–Crippen MR) is 109 cm³/mol. The van der Waals surface area contributed by atoms with Crippen molar-refractivity contribution >= 4 is 43.6 Å². The van der Waals surface area contributed by atoms with E-state index in [9.17, 15) is 4.79 Å². The van der Waals surface area contributed by atoms with Gasteiger partial charge in [-0.2, -0.15) is 0 Å². The van der Waals surface area contributed by atoms with Gasteiger partial charge in [0.15, 0.2) is 11.5 Å². The Bertz CT molecular complexity index is 1300. The van der Waals surface area contributed by atoms with Crippen LogP contribution in [0.4, 0.5) is 5.82 Å². The molecule has 1 aromatic carbocycles. The first kappa shape index (κ1) is 17.6. The van der Waals surface area contributed by atoms with Crippen molar-refractivity contribution in [2.75, 3.05) is 19.1 Å². The van der Waals surface area contributed by atoms with Gasteiger partial charge in [-0.05, 0) is 31.5 Å². The number of nitrogens with zero attached hydrogens (tertiary/aromatic N) is 3. The highest BCUT2D eigenvalue weighted by Crippen LogP contribution is 2.44. The first-order chi connectivity index (χ1) is 14.1. The zero-order valence-electron chi connectivity index (χ0n) is 15.7. The quantitative estimate of drug-likeness (QED) is 0.511. The molecule has 2 N–H and O–H groups in total. The molecule has 1 aliphatic heterocycles. The smallest absolute Gasteiger partial charge is 0.340 e. The average molecular weight is 408 g/mol. The summed E-state index contributed by atoms with van der Waals surface area (Å²) in [6.07, 6.45) is 1.41.